The fourth-order valence-corrected chi connectivity index (χ4v) is 2.90. The molecule has 21 heavy (non-hydrogen) atoms. The number of hydrogen-bond acceptors (Lipinski definition) is 5. The molecule has 4 rings (SSSR count). The predicted molar refractivity (Wildman–Crippen MR) is 73.5 cm³/mol. The lowest BCUT2D eigenvalue weighted by atomic mass is 10.0. The fraction of sp³-hybridized carbons (Fsp3) is 0.500. The third-order valence-corrected chi connectivity index (χ3v) is 3.97. The molecule has 0 bridgehead atoms. The summed E-state index contributed by atoms with van der Waals surface area (Å²) in [5, 5.41) is 0. The molecule has 3 fully saturated rings. The molecule has 112 valence electrons. The Balaban J connectivity index is 1.43. The lowest BCUT2D eigenvalue weighted by Crippen LogP contribution is -2.52. The van der Waals surface area contributed by atoms with E-state index < -0.39 is 0 Å². The summed E-state index contributed by atoms with van der Waals surface area (Å²) in [5.74, 6) is 0. The zero-order valence-corrected chi connectivity index (χ0v) is 11.6. The van der Waals surface area contributed by atoms with E-state index >= 15 is 0 Å². The van der Waals surface area contributed by atoms with E-state index in [9.17, 15) is 0 Å². The minimum Gasteiger partial charge on any atom is -0.361 e. The van der Waals surface area contributed by atoms with Crippen LogP contribution in [0, 0.1) is 0 Å². The van der Waals surface area contributed by atoms with Gasteiger partial charge in [-0.1, -0.05) is 36.4 Å². The first-order chi connectivity index (χ1) is 10.4. The predicted octanol–water partition coefficient (Wildman–Crippen LogP) is 1.80. The standard InChI is InChI=1S/C16H18O5/c1-2-8-17-16-14-13(20-14)12-11(19-16)9-18-15(21-12)10-6-4-3-5-7-10/h2-7,11-16H,1,8-9H2/t11-,12+,13-,14-,15?,16?/m1/s1. The van der Waals surface area contributed by atoms with Crippen molar-refractivity contribution in [3.8, 4) is 0 Å². The number of fused-ring (bicyclic) bond motifs is 3. The van der Waals surface area contributed by atoms with Crippen molar-refractivity contribution in [1.29, 1.82) is 0 Å². The van der Waals surface area contributed by atoms with E-state index in [1.165, 1.54) is 0 Å². The number of ether oxygens (including phenoxy) is 5. The monoisotopic (exact) mass is 290 g/mol. The number of benzene rings is 1. The molecule has 5 heteroatoms. The molecular formula is C16H18O5. The Kier molecular flexibility index (Phi) is 3.52. The highest BCUT2D eigenvalue weighted by atomic mass is 16.8. The first-order valence-corrected chi connectivity index (χ1v) is 7.22. The molecule has 0 saturated carbocycles. The van der Waals surface area contributed by atoms with Gasteiger partial charge < -0.3 is 23.7 Å². The lowest BCUT2D eigenvalue weighted by Gasteiger charge is -2.39. The largest absolute Gasteiger partial charge is 0.361 e. The third kappa shape index (κ3) is 2.52. The van der Waals surface area contributed by atoms with Crippen LogP contribution in [0.2, 0.25) is 0 Å². The summed E-state index contributed by atoms with van der Waals surface area (Å²) in [6, 6.07) is 9.91. The van der Waals surface area contributed by atoms with Crippen LogP contribution in [-0.2, 0) is 23.7 Å². The quantitative estimate of drug-likeness (QED) is 0.625. The van der Waals surface area contributed by atoms with Crippen LogP contribution in [-0.4, -0.2) is 43.9 Å². The van der Waals surface area contributed by atoms with E-state index in [0.29, 0.717) is 13.2 Å². The van der Waals surface area contributed by atoms with E-state index in [2.05, 4.69) is 6.58 Å². The molecule has 0 amide bonds. The molecule has 0 radical (unpaired) electrons. The number of rotatable bonds is 4. The van der Waals surface area contributed by atoms with E-state index in [1.807, 2.05) is 30.3 Å². The van der Waals surface area contributed by atoms with Gasteiger partial charge in [-0.05, 0) is 0 Å². The van der Waals surface area contributed by atoms with E-state index in [4.69, 9.17) is 23.7 Å². The van der Waals surface area contributed by atoms with Gasteiger partial charge in [-0.25, -0.2) is 0 Å². The lowest BCUT2D eigenvalue weighted by molar-refractivity contribution is -0.306. The highest BCUT2D eigenvalue weighted by Gasteiger charge is 2.60. The van der Waals surface area contributed by atoms with Crippen LogP contribution in [0.1, 0.15) is 11.9 Å². The van der Waals surface area contributed by atoms with Crippen molar-refractivity contribution in [1.82, 2.24) is 0 Å². The maximum Gasteiger partial charge on any atom is 0.187 e. The molecule has 0 aliphatic carbocycles. The van der Waals surface area contributed by atoms with E-state index in [0.717, 1.165) is 5.56 Å². The Labute approximate surface area is 123 Å². The molecule has 0 spiro atoms. The maximum atomic E-state index is 6.04. The SMILES string of the molecule is C=CCOC1O[C@@H]2COC(c3ccccc3)O[C@@H]2[C@H]2O[C@@H]12. The Hall–Kier alpha value is -1.24. The number of hydrogen-bond donors (Lipinski definition) is 0. The summed E-state index contributed by atoms with van der Waals surface area (Å²) in [6.07, 6.45) is 0.739. The fourth-order valence-electron chi connectivity index (χ4n) is 2.90. The van der Waals surface area contributed by atoms with Gasteiger partial charge in [-0.3, -0.25) is 0 Å². The molecular weight excluding hydrogens is 272 g/mol. The van der Waals surface area contributed by atoms with Crippen LogP contribution in [0.3, 0.4) is 0 Å². The molecule has 3 heterocycles. The highest BCUT2D eigenvalue weighted by molar-refractivity contribution is 5.17. The number of epoxide rings is 1. The minimum absolute atomic E-state index is 0.0358. The molecule has 6 atom stereocenters. The zero-order chi connectivity index (χ0) is 14.2. The van der Waals surface area contributed by atoms with Gasteiger partial charge in [0, 0.05) is 5.56 Å². The van der Waals surface area contributed by atoms with Crippen LogP contribution in [0.25, 0.3) is 0 Å². The molecule has 1 aromatic carbocycles. The van der Waals surface area contributed by atoms with Crippen LogP contribution in [0.5, 0.6) is 0 Å². The second kappa shape index (κ2) is 5.51. The van der Waals surface area contributed by atoms with Crippen molar-refractivity contribution < 1.29 is 23.7 Å². The topological polar surface area (TPSA) is 49.5 Å². The second-order valence-electron chi connectivity index (χ2n) is 5.41. The summed E-state index contributed by atoms with van der Waals surface area (Å²) < 4.78 is 28.9. The van der Waals surface area contributed by atoms with Crippen molar-refractivity contribution in [2.24, 2.45) is 0 Å². The third-order valence-electron chi connectivity index (χ3n) is 3.97. The summed E-state index contributed by atoms with van der Waals surface area (Å²) in [7, 11) is 0. The van der Waals surface area contributed by atoms with Gasteiger partial charge in [-0.2, -0.15) is 0 Å². The first-order valence-electron chi connectivity index (χ1n) is 7.22. The molecule has 0 aromatic heterocycles. The van der Waals surface area contributed by atoms with Gasteiger partial charge in [0.05, 0.1) is 13.2 Å². The normalized spacial score (nSPS) is 41.0. The Bertz CT molecular complexity index is 505. The summed E-state index contributed by atoms with van der Waals surface area (Å²) in [4.78, 5) is 0. The molecule has 3 aliphatic heterocycles. The molecule has 3 aliphatic rings. The first kappa shape index (κ1) is 13.4. The average molecular weight is 290 g/mol. The van der Waals surface area contributed by atoms with E-state index in [1.54, 1.807) is 6.08 Å². The Morgan fingerprint density at radius 2 is 1.95 bits per heavy atom. The Morgan fingerprint density at radius 3 is 2.76 bits per heavy atom. The van der Waals surface area contributed by atoms with Gasteiger partial charge >= 0.3 is 0 Å². The van der Waals surface area contributed by atoms with E-state index in [-0.39, 0.29) is 37.0 Å². The van der Waals surface area contributed by atoms with Gasteiger partial charge in [0.1, 0.15) is 24.4 Å². The smallest absolute Gasteiger partial charge is 0.187 e. The van der Waals surface area contributed by atoms with Gasteiger partial charge in [0.25, 0.3) is 0 Å². The highest BCUT2D eigenvalue weighted by Crippen LogP contribution is 2.43. The summed E-state index contributed by atoms with van der Waals surface area (Å²) in [5.41, 5.74) is 1.01. The molecule has 2 unspecified atom stereocenters. The molecule has 3 saturated heterocycles. The van der Waals surface area contributed by atoms with Gasteiger partial charge in [0.15, 0.2) is 12.6 Å². The van der Waals surface area contributed by atoms with Crippen molar-refractivity contribution in [3.63, 3.8) is 0 Å². The van der Waals surface area contributed by atoms with Crippen LogP contribution >= 0.6 is 0 Å². The molecule has 5 nitrogen and oxygen atoms in total. The van der Waals surface area contributed by atoms with Crippen LogP contribution < -0.4 is 0 Å². The van der Waals surface area contributed by atoms with Crippen molar-refractivity contribution in [2.75, 3.05) is 13.2 Å². The molecule has 1 aromatic rings. The Morgan fingerprint density at radius 1 is 1.10 bits per heavy atom. The minimum atomic E-state index is -0.355. The van der Waals surface area contributed by atoms with Crippen LogP contribution in [0.15, 0.2) is 43.0 Å². The van der Waals surface area contributed by atoms with Gasteiger partial charge in [0.2, 0.25) is 0 Å². The van der Waals surface area contributed by atoms with Gasteiger partial charge in [-0.15, -0.1) is 6.58 Å². The summed E-state index contributed by atoms with van der Waals surface area (Å²) >= 11 is 0. The van der Waals surface area contributed by atoms with Crippen molar-refractivity contribution >= 4 is 0 Å². The van der Waals surface area contributed by atoms with Crippen molar-refractivity contribution in [3.05, 3.63) is 48.6 Å². The maximum absolute atomic E-state index is 6.04. The van der Waals surface area contributed by atoms with Crippen molar-refractivity contribution in [2.45, 2.75) is 37.0 Å². The second-order valence-corrected chi connectivity index (χ2v) is 5.41. The van der Waals surface area contributed by atoms with Crippen LogP contribution in [0.4, 0.5) is 0 Å². The summed E-state index contributed by atoms with van der Waals surface area (Å²) in [6.45, 7) is 4.56. The average Bonchev–Trinajstić information content (AvgIpc) is 3.34. The zero-order valence-electron chi connectivity index (χ0n) is 11.6. The molecule has 0 N–H and O–H groups in total.